The van der Waals surface area contributed by atoms with Gasteiger partial charge in [0.15, 0.2) is 6.79 Å². The largest absolute Gasteiger partial charge is 0.475 e. The summed E-state index contributed by atoms with van der Waals surface area (Å²) >= 11 is 0. The van der Waals surface area contributed by atoms with E-state index in [9.17, 15) is 9.65 Å². The molecular weight excluding hydrogens is 743 g/mol. The van der Waals surface area contributed by atoms with Crippen LogP contribution in [-0.4, -0.2) is 92.9 Å². The van der Waals surface area contributed by atoms with Gasteiger partial charge in [0, 0.05) is 44.5 Å². The van der Waals surface area contributed by atoms with Crippen molar-refractivity contribution in [3.63, 3.8) is 0 Å². The van der Waals surface area contributed by atoms with Gasteiger partial charge in [-0.15, -0.1) is 5.54 Å². The molecule has 0 saturated carbocycles. The summed E-state index contributed by atoms with van der Waals surface area (Å²) in [5.74, 6) is 4.40. The molecule has 0 N–H and O–H groups in total. The Labute approximate surface area is 335 Å². The van der Waals surface area contributed by atoms with E-state index in [1.807, 2.05) is 30.1 Å². The van der Waals surface area contributed by atoms with Gasteiger partial charge in [-0.05, 0) is 72.1 Å². The first-order chi connectivity index (χ1) is 27.3. The number of pyridine rings is 1. The van der Waals surface area contributed by atoms with Crippen molar-refractivity contribution in [1.29, 1.82) is 5.26 Å². The highest BCUT2D eigenvalue weighted by molar-refractivity contribution is 6.90. The molecule has 2 fully saturated rings. The van der Waals surface area contributed by atoms with Gasteiger partial charge in [-0.2, -0.15) is 15.2 Å². The molecule has 0 bridgehead atoms. The molecule has 7 rings (SSSR count). The second-order valence-electron chi connectivity index (χ2n) is 16.9. The highest BCUT2D eigenvalue weighted by Crippen LogP contribution is 2.44. The fourth-order valence-electron chi connectivity index (χ4n) is 9.81. The van der Waals surface area contributed by atoms with Crippen LogP contribution in [0.2, 0.25) is 16.6 Å². The van der Waals surface area contributed by atoms with Gasteiger partial charge in [-0.1, -0.05) is 53.5 Å². The van der Waals surface area contributed by atoms with E-state index in [1.165, 1.54) is 6.07 Å². The third-order valence-electron chi connectivity index (χ3n) is 12.7. The minimum Gasteiger partial charge on any atom is -0.475 e. The number of likely N-dealkylation sites (N-methyl/N-ethyl adjacent to an activating group) is 1. The lowest BCUT2D eigenvalue weighted by molar-refractivity contribution is 0.0512. The van der Waals surface area contributed by atoms with Gasteiger partial charge in [0.1, 0.15) is 50.2 Å². The Balaban J connectivity index is 1.44. The van der Waals surface area contributed by atoms with Gasteiger partial charge in [0.25, 0.3) is 0 Å². The number of hydrogen-bond acceptors (Lipinski definition) is 10. The molecule has 57 heavy (non-hydrogen) atoms. The van der Waals surface area contributed by atoms with Crippen molar-refractivity contribution in [2.45, 2.75) is 108 Å². The van der Waals surface area contributed by atoms with Crippen molar-refractivity contribution in [2.24, 2.45) is 0 Å². The smallest absolute Gasteiger partial charge is 0.319 e. The Bertz CT molecular complexity index is 2230. The third-order valence-corrected chi connectivity index (χ3v) is 18.9. The van der Waals surface area contributed by atoms with E-state index in [2.05, 4.69) is 64.0 Å². The van der Waals surface area contributed by atoms with Crippen LogP contribution in [0.15, 0.2) is 30.3 Å². The third kappa shape index (κ3) is 7.50. The topological polar surface area (TPSA) is 106 Å². The zero-order valence-corrected chi connectivity index (χ0v) is 35.4. The molecule has 5 heterocycles. The summed E-state index contributed by atoms with van der Waals surface area (Å²) in [5.41, 5.74) is 6.31. The monoisotopic (exact) mass is 796 g/mol. The lowest BCUT2D eigenvalue weighted by Gasteiger charge is -2.38. The predicted octanol–water partition coefficient (Wildman–Crippen LogP) is 8.99. The van der Waals surface area contributed by atoms with Crippen LogP contribution in [0, 0.1) is 28.6 Å². The van der Waals surface area contributed by atoms with E-state index in [0.717, 1.165) is 24.8 Å². The average molecular weight is 797 g/mol. The van der Waals surface area contributed by atoms with Crippen LogP contribution >= 0.6 is 0 Å². The number of ether oxygens (including phenoxy) is 4. The van der Waals surface area contributed by atoms with Gasteiger partial charge in [0.05, 0.1) is 34.4 Å². The molecule has 10 nitrogen and oxygen atoms in total. The molecule has 0 amide bonds. The second-order valence-corrected chi connectivity index (χ2v) is 22.4. The van der Waals surface area contributed by atoms with Crippen molar-refractivity contribution in [3.05, 3.63) is 41.7 Å². The van der Waals surface area contributed by atoms with E-state index < -0.39 is 25.6 Å². The van der Waals surface area contributed by atoms with E-state index in [4.69, 9.17) is 33.9 Å². The molecule has 0 radical (unpaired) electrons. The van der Waals surface area contributed by atoms with Gasteiger partial charge in [0.2, 0.25) is 5.88 Å². The molecule has 2 aromatic heterocycles. The molecule has 0 aliphatic carbocycles. The van der Waals surface area contributed by atoms with Gasteiger partial charge in [-0.3, -0.25) is 4.90 Å². The Morgan fingerprint density at radius 2 is 1.81 bits per heavy atom. The molecule has 2 aromatic carbocycles. The Kier molecular flexibility index (Phi) is 11.7. The number of aromatic nitrogens is 3. The lowest BCUT2D eigenvalue weighted by atomic mass is 9.95. The number of methoxy groups -OCH3 is 1. The van der Waals surface area contributed by atoms with Crippen LogP contribution in [0.4, 0.5) is 14.6 Å². The number of nitrogens with zero attached hydrogens (tertiary/aromatic N) is 6. The summed E-state index contributed by atoms with van der Waals surface area (Å²) in [4.78, 5) is 19.2. The zero-order chi connectivity index (χ0) is 40.6. The Morgan fingerprint density at radius 3 is 2.53 bits per heavy atom. The average Bonchev–Trinajstić information content (AvgIpc) is 3.66. The molecule has 3 aliphatic heterocycles. The van der Waals surface area contributed by atoms with Crippen LogP contribution in [0.1, 0.15) is 79.2 Å². The predicted molar refractivity (Wildman–Crippen MR) is 222 cm³/mol. The summed E-state index contributed by atoms with van der Waals surface area (Å²) in [6, 6.07) is 11.0. The number of nitriles is 1. The fraction of sp³-hybridized carbons (Fsp3) is 0.545. The first-order valence-corrected chi connectivity index (χ1v) is 22.4. The molecule has 0 spiro atoms. The van der Waals surface area contributed by atoms with Crippen molar-refractivity contribution in [3.8, 4) is 46.4 Å². The summed E-state index contributed by atoms with van der Waals surface area (Å²) in [5, 5.41) is 11.4. The molecule has 302 valence electrons. The molecule has 4 aromatic rings. The number of benzene rings is 2. The zero-order valence-electron chi connectivity index (χ0n) is 34.4. The number of fused-ring (bicyclic) bond motifs is 2. The van der Waals surface area contributed by atoms with E-state index in [1.54, 1.807) is 13.2 Å². The van der Waals surface area contributed by atoms with Crippen LogP contribution in [-0.2, 0) is 4.74 Å². The number of anilines is 1. The molecule has 2 saturated heterocycles. The molecule has 0 unspecified atom stereocenters. The highest BCUT2D eigenvalue weighted by Gasteiger charge is 2.49. The molecule has 13 heteroatoms. The van der Waals surface area contributed by atoms with Crippen molar-refractivity contribution < 1.29 is 27.7 Å². The van der Waals surface area contributed by atoms with E-state index in [0.29, 0.717) is 93.0 Å². The van der Waals surface area contributed by atoms with E-state index >= 15 is 4.39 Å². The maximum absolute atomic E-state index is 16.3. The van der Waals surface area contributed by atoms with Crippen molar-refractivity contribution >= 4 is 35.6 Å². The quantitative estimate of drug-likeness (QED) is 0.0784. The van der Waals surface area contributed by atoms with Crippen LogP contribution in [0.25, 0.3) is 32.9 Å². The van der Waals surface area contributed by atoms with Gasteiger partial charge < -0.3 is 23.8 Å². The molecular formula is C44H54F2N6O4Si. The molecule has 3 atom stereocenters. The van der Waals surface area contributed by atoms with Crippen LogP contribution in [0.3, 0.4) is 0 Å². The van der Waals surface area contributed by atoms with Crippen LogP contribution in [0.5, 0.6) is 17.6 Å². The first kappa shape index (κ1) is 40.6. The lowest BCUT2D eigenvalue weighted by Crippen LogP contribution is -2.43. The molecule has 3 aliphatic rings. The number of rotatable bonds is 12. The van der Waals surface area contributed by atoms with Crippen molar-refractivity contribution in [1.82, 2.24) is 19.9 Å². The Morgan fingerprint density at radius 1 is 1.04 bits per heavy atom. The number of halogens is 2. The standard InChI is InChI=1S/C44H54F2N6O4Si/c1-27(2)57(28(3)4,29(5)6)18-14-34-36(46)13-12-30-19-33(56-26-53-8)20-35(39(30)34)37-21-38-40-41(51(7)32(11-9-16-47)24-54-42(40)48-37)50-43(49-38)55-25-44-15-10-17-52(44)23-31(45)22-44/h12-13,19-21,27-29,31-32H,9-11,15,17,22-26H2,1-8H3/t31-,32+,44+/m1/s1. The Hall–Kier alpha value is -4.56. The number of alkyl halides is 1. The fourth-order valence-corrected chi connectivity index (χ4v) is 15.0. The van der Waals surface area contributed by atoms with Gasteiger partial charge >= 0.3 is 6.01 Å². The summed E-state index contributed by atoms with van der Waals surface area (Å²) in [7, 11) is 1.24. The summed E-state index contributed by atoms with van der Waals surface area (Å²) in [6.45, 7) is 15.2. The maximum Gasteiger partial charge on any atom is 0.319 e. The van der Waals surface area contributed by atoms with E-state index in [-0.39, 0.29) is 32.1 Å². The highest BCUT2D eigenvalue weighted by atomic mass is 28.3. The normalized spacial score (nSPS) is 20.8. The van der Waals surface area contributed by atoms with Crippen LogP contribution < -0.4 is 19.1 Å². The SMILES string of the molecule is COCOc1cc(-c2cc3nc(OC[C@@]45CCCN4C[C@H](F)C5)nc4c3c(n2)OC[C@H](CCC#N)N4C)c2c(C#C[Si](C(C)C)(C(C)C)C(C)C)c(F)ccc2c1. The minimum atomic E-state index is -2.24. The summed E-state index contributed by atoms with van der Waals surface area (Å²) < 4.78 is 55.1. The number of hydrogen-bond donors (Lipinski definition) is 0. The van der Waals surface area contributed by atoms with Gasteiger partial charge in [-0.25, -0.2) is 13.8 Å². The van der Waals surface area contributed by atoms with Crippen molar-refractivity contribution in [2.75, 3.05) is 52.2 Å². The first-order valence-electron chi connectivity index (χ1n) is 20.2. The summed E-state index contributed by atoms with van der Waals surface area (Å²) in [6.07, 6.45) is 2.24. The second kappa shape index (κ2) is 16.4. The minimum absolute atomic E-state index is 0.0133. The maximum atomic E-state index is 16.3.